The Labute approximate surface area is 166 Å². The molecule has 0 aliphatic carbocycles. The van der Waals surface area contributed by atoms with Crippen molar-refractivity contribution in [3.8, 4) is 0 Å². The lowest BCUT2D eigenvalue weighted by atomic mass is 10.0. The fourth-order valence-electron chi connectivity index (χ4n) is 3.29. The first-order chi connectivity index (χ1) is 13.5. The van der Waals surface area contributed by atoms with E-state index in [-0.39, 0.29) is 30.0 Å². The van der Waals surface area contributed by atoms with E-state index in [4.69, 9.17) is 0 Å². The number of rotatable bonds is 11. The molecule has 2 aromatic carbocycles. The fraction of sp³-hybridized carbons (Fsp3) is 0.391. The predicted octanol–water partition coefficient (Wildman–Crippen LogP) is 4.38. The molecule has 0 aliphatic rings. The van der Waals surface area contributed by atoms with Gasteiger partial charge in [0, 0.05) is 24.9 Å². The fourth-order valence-corrected chi connectivity index (χ4v) is 3.29. The second-order valence-corrected chi connectivity index (χ2v) is 6.74. The Morgan fingerprint density at radius 1 is 0.964 bits per heavy atom. The number of carbonyl (C=O) groups is 2. The third-order valence-electron chi connectivity index (χ3n) is 4.90. The zero-order chi connectivity index (χ0) is 20.4. The summed E-state index contributed by atoms with van der Waals surface area (Å²) in [6.07, 6.45) is 1.05. The Morgan fingerprint density at radius 2 is 1.61 bits per heavy atom. The number of halogens is 1. The highest BCUT2D eigenvalue weighted by Crippen LogP contribution is 2.19. The van der Waals surface area contributed by atoms with Crippen LogP contribution in [0.1, 0.15) is 55.1 Å². The molecule has 0 bridgehead atoms. The van der Waals surface area contributed by atoms with Gasteiger partial charge in [0.25, 0.3) is 0 Å². The summed E-state index contributed by atoms with van der Waals surface area (Å²) in [5, 5.41) is 3.01. The van der Waals surface area contributed by atoms with Crippen molar-refractivity contribution in [2.24, 2.45) is 0 Å². The maximum Gasteiger partial charge on any atom is 0.220 e. The molecular weight excluding hydrogens is 355 g/mol. The average Bonchev–Trinajstić information content (AvgIpc) is 2.72. The maximum absolute atomic E-state index is 12.9. The molecule has 0 fully saturated rings. The molecule has 0 aliphatic heterocycles. The molecule has 5 heteroatoms. The van der Waals surface area contributed by atoms with Crippen LogP contribution >= 0.6 is 0 Å². The van der Waals surface area contributed by atoms with Crippen LogP contribution in [0.15, 0.2) is 54.6 Å². The van der Waals surface area contributed by atoms with Gasteiger partial charge in [-0.15, -0.1) is 0 Å². The summed E-state index contributed by atoms with van der Waals surface area (Å²) in [4.78, 5) is 26.7. The summed E-state index contributed by atoms with van der Waals surface area (Å²) in [6.45, 7) is 6.57. The van der Waals surface area contributed by atoms with E-state index in [1.54, 1.807) is 0 Å². The molecule has 0 spiro atoms. The Bertz CT molecular complexity index is 743. The zero-order valence-corrected chi connectivity index (χ0v) is 16.7. The van der Waals surface area contributed by atoms with Crippen molar-refractivity contribution in [3.05, 3.63) is 71.5 Å². The molecule has 150 valence electrons. The molecule has 2 aromatic rings. The van der Waals surface area contributed by atoms with Gasteiger partial charge in [-0.05, 0) is 49.3 Å². The van der Waals surface area contributed by atoms with Crippen molar-refractivity contribution in [3.63, 3.8) is 0 Å². The van der Waals surface area contributed by atoms with Crippen LogP contribution in [0, 0.1) is 5.82 Å². The Hall–Kier alpha value is -2.53. The highest BCUT2D eigenvalue weighted by molar-refractivity contribution is 5.96. The molecule has 1 amide bonds. The van der Waals surface area contributed by atoms with Crippen LogP contribution in [0.4, 0.5) is 4.39 Å². The van der Waals surface area contributed by atoms with Crippen LogP contribution < -0.4 is 5.32 Å². The summed E-state index contributed by atoms with van der Waals surface area (Å²) in [7, 11) is 0. The number of benzene rings is 2. The van der Waals surface area contributed by atoms with Gasteiger partial charge in [-0.2, -0.15) is 0 Å². The first-order valence-corrected chi connectivity index (χ1v) is 9.89. The number of Topliss-reactive ketones (excluding diaryl/α,β-unsaturated/α-hetero) is 1. The summed E-state index contributed by atoms with van der Waals surface area (Å²) < 4.78 is 12.9. The predicted molar refractivity (Wildman–Crippen MR) is 110 cm³/mol. The van der Waals surface area contributed by atoms with E-state index in [9.17, 15) is 14.0 Å². The summed E-state index contributed by atoms with van der Waals surface area (Å²) in [6, 6.07) is 15.8. The van der Waals surface area contributed by atoms with Crippen molar-refractivity contribution in [2.75, 3.05) is 19.6 Å². The largest absolute Gasteiger partial charge is 0.354 e. The quantitative estimate of drug-likeness (QED) is 0.585. The second-order valence-electron chi connectivity index (χ2n) is 6.74. The van der Waals surface area contributed by atoms with Crippen LogP contribution in [0.2, 0.25) is 0 Å². The second kappa shape index (κ2) is 11.3. The van der Waals surface area contributed by atoms with E-state index < -0.39 is 0 Å². The molecule has 1 atom stereocenters. The minimum absolute atomic E-state index is 0.0556. The highest BCUT2D eigenvalue weighted by atomic mass is 19.1. The molecule has 2 rings (SSSR count). The molecule has 28 heavy (non-hydrogen) atoms. The SMILES string of the molecule is CCN(CC)C(CNC(=O)CCCC(=O)c1ccc(F)cc1)c1ccccc1. The molecule has 0 saturated carbocycles. The zero-order valence-electron chi connectivity index (χ0n) is 16.7. The van der Waals surface area contributed by atoms with Crippen LogP contribution in [-0.4, -0.2) is 36.2 Å². The van der Waals surface area contributed by atoms with Crippen LogP contribution in [0.3, 0.4) is 0 Å². The van der Waals surface area contributed by atoms with Gasteiger partial charge in [-0.25, -0.2) is 4.39 Å². The minimum atomic E-state index is -0.364. The topological polar surface area (TPSA) is 49.4 Å². The molecular formula is C23H29FN2O2. The lowest BCUT2D eigenvalue weighted by molar-refractivity contribution is -0.121. The van der Waals surface area contributed by atoms with E-state index in [1.807, 2.05) is 18.2 Å². The van der Waals surface area contributed by atoms with Gasteiger partial charge in [0.05, 0.1) is 6.04 Å². The smallest absolute Gasteiger partial charge is 0.220 e. The standard InChI is InChI=1S/C23H29FN2O2/c1-3-26(4-2)21(18-9-6-5-7-10-18)17-25-23(28)12-8-11-22(27)19-13-15-20(24)16-14-19/h5-7,9-10,13-16,21H,3-4,8,11-12,17H2,1-2H3,(H,25,28). The van der Waals surface area contributed by atoms with Gasteiger partial charge in [0.2, 0.25) is 5.91 Å². The van der Waals surface area contributed by atoms with E-state index in [2.05, 4.69) is 36.2 Å². The molecule has 1 unspecified atom stereocenters. The van der Waals surface area contributed by atoms with Crippen molar-refractivity contribution in [1.29, 1.82) is 0 Å². The van der Waals surface area contributed by atoms with Crippen molar-refractivity contribution in [1.82, 2.24) is 10.2 Å². The normalized spacial score (nSPS) is 12.0. The molecule has 1 N–H and O–H groups in total. The average molecular weight is 384 g/mol. The maximum atomic E-state index is 12.9. The van der Waals surface area contributed by atoms with E-state index in [0.717, 1.165) is 13.1 Å². The van der Waals surface area contributed by atoms with Gasteiger partial charge in [-0.3, -0.25) is 14.5 Å². The van der Waals surface area contributed by atoms with E-state index >= 15 is 0 Å². The third-order valence-corrected chi connectivity index (χ3v) is 4.90. The first-order valence-electron chi connectivity index (χ1n) is 9.89. The van der Waals surface area contributed by atoms with Crippen molar-refractivity contribution >= 4 is 11.7 Å². The Kier molecular flexibility index (Phi) is 8.82. The monoisotopic (exact) mass is 384 g/mol. The summed E-state index contributed by atoms with van der Waals surface area (Å²) in [5.74, 6) is -0.491. The minimum Gasteiger partial charge on any atom is -0.354 e. The molecule has 0 aromatic heterocycles. The van der Waals surface area contributed by atoms with Gasteiger partial charge in [0.1, 0.15) is 5.82 Å². The number of likely N-dealkylation sites (N-methyl/N-ethyl adjacent to an activating group) is 1. The molecule has 0 saturated heterocycles. The van der Waals surface area contributed by atoms with Crippen LogP contribution in [0.5, 0.6) is 0 Å². The third kappa shape index (κ3) is 6.57. The first kappa shape index (κ1) is 21.8. The lowest BCUT2D eigenvalue weighted by Crippen LogP contribution is -2.38. The van der Waals surface area contributed by atoms with Gasteiger partial charge < -0.3 is 5.32 Å². The summed E-state index contributed by atoms with van der Waals surface area (Å²) >= 11 is 0. The Morgan fingerprint density at radius 3 is 2.21 bits per heavy atom. The number of ketones is 1. The lowest BCUT2D eigenvalue weighted by Gasteiger charge is -2.30. The van der Waals surface area contributed by atoms with Gasteiger partial charge >= 0.3 is 0 Å². The van der Waals surface area contributed by atoms with E-state index in [1.165, 1.54) is 29.8 Å². The molecule has 0 radical (unpaired) electrons. The highest BCUT2D eigenvalue weighted by Gasteiger charge is 2.18. The van der Waals surface area contributed by atoms with Gasteiger partial charge in [-0.1, -0.05) is 44.2 Å². The van der Waals surface area contributed by atoms with Gasteiger partial charge in [0.15, 0.2) is 5.78 Å². The van der Waals surface area contributed by atoms with E-state index in [0.29, 0.717) is 24.9 Å². The molecule has 4 nitrogen and oxygen atoms in total. The number of nitrogens with one attached hydrogen (secondary N) is 1. The Balaban J connectivity index is 1.82. The number of hydrogen-bond acceptors (Lipinski definition) is 3. The number of hydrogen-bond donors (Lipinski definition) is 1. The van der Waals surface area contributed by atoms with Crippen molar-refractivity contribution in [2.45, 2.75) is 39.2 Å². The summed E-state index contributed by atoms with van der Waals surface area (Å²) in [5.41, 5.74) is 1.66. The number of nitrogens with zero attached hydrogens (tertiary/aromatic N) is 1. The van der Waals surface area contributed by atoms with Crippen LogP contribution in [0.25, 0.3) is 0 Å². The van der Waals surface area contributed by atoms with Crippen LogP contribution in [-0.2, 0) is 4.79 Å². The number of amides is 1. The number of carbonyl (C=O) groups excluding carboxylic acids is 2. The van der Waals surface area contributed by atoms with Crippen molar-refractivity contribution < 1.29 is 14.0 Å². The molecule has 0 heterocycles.